The van der Waals surface area contributed by atoms with Gasteiger partial charge >= 0.3 is 0 Å². The number of aromatic hydroxyl groups is 1. The van der Waals surface area contributed by atoms with E-state index in [0.717, 1.165) is 22.0 Å². The van der Waals surface area contributed by atoms with Crippen LogP contribution in [0.1, 0.15) is 32.0 Å². The fourth-order valence-corrected chi connectivity index (χ4v) is 4.62. The van der Waals surface area contributed by atoms with Gasteiger partial charge in [0, 0.05) is 23.6 Å². The van der Waals surface area contributed by atoms with Gasteiger partial charge in [-0.25, -0.2) is 4.98 Å². The molecular weight excluding hydrogens is 396 g/mol. The summed E-state index contributed by atoms with van der Waals surface area (Å²) >= 11 is 7.68. The van der Waals surface area contributed by atoms with Crippen molar-refractivity contribution in [2.45, 2.75) is 19.4 Å². The Morgan fingerprint density at radius 1 is 1.32 bits per heavy atom. The van der Waals surface area contributed by atoms with Crippen LogP contribution in [0.5, 0.6) is 11.5 Å². The summed E-state index contributed by atoms with van der Waals surface area (Å²) in [6, 6.07) is 13.3. The molecule has 4 rings (SSSR count). The molecule has 0 bridgehead atoms. The Kier molecular flexibility index (Phi) is 5.24. The number of aryl methyl sites for hydroxylation is 1. The summed E-state index contributed by atoms with van der Waals surface area (Å²) in [5, 5.41) is 11.0. The molecule has 1 aromatic heterocycles. The topological polar surface area (TPSA) is 62.7 Å². The molecular formula is C21H19ClN2O3S. The highest BCUT2D eigenvalue weighted by molar-refractivity contribution is 7.11. The summed E-state index contributed by atoms with van der Waals surface area (Å²) in [5.74, 6) is 0.753. The number of hydrogen-bond acceptors (Lipinski definition) is 5. The summed E-state index contributed by atoms with van der Waals surface area (Å²) in [7, 11) is 0. The molecule has 0 spiro atoms. The van der Waals surface area contributed by atoms with Crippen LogP contribution in [-0.2, 0) is 6.42 Å². The largest absolute Gasteiger partial charge is 0.508 e. The van der Waals surface area contributed by atoms with Gasteiger partial charge in [-0.05, 0) is 49.4 Å². The Morgan fingerprint density at radius 2 is 2.11 bits per heavy atom. The molecule has 1 amide bonds. The molecule has 0 aliphatic carbocycles. The van der Waals surface area contributed by atoms with Crippen molar-refractivity contribution in [3.05, 3.63) is 74.7 Å². The third-order valence-corrected chi connectivity index (χ3v) is 6.03. The van der Waals surface area contributed by atoms with Crippen molar-refractivity contribution in [2.24, 2.45) is 0 Å². The zero-order valence-corrected chi connectivity index (χ0v) is 16.8. The number of carbonyl (C=O) groups is 1. The number of phenols is 1. The molecule has 1 aliphatic rings. The van der Waals surface area contributed by atoms with Crippen LogP contribution in [0.3, 0.4) is 0 Å². The maximum absolute atomic E-state index is 13.2. The first kappa shape index (κ1) is 18.8. The summed E-state index contributed by atoms with van der Waals surface area (Å²) in [5.41, 5.74) is 1.60. The van der Waals surface area contributed by atoms with Crippen molar-refractivity contribution in [1.29, 1.82) is 0 Å². The van der Waals surface area contributed by atoms with E-state index in [-0.39, 0.29) is 17.7 Å². The highest BCUT2D eigenvalue weighted by atomic mass is 35.5. The van der Waals surface area contributed by atoms with Crippen LogP contribution in [-0.4, -0.2) is 34.0 Å². The molecule has 5 nitrogen and oxygen atoms in total. The minimum absolute atomic E-state index is 0.0708. The van der Waals surface area contributed by atoms with E-state index in [1.165, 1.54) is 0 Å². The molecule has 1 aliphatic heterocycles. The summed E-state index contributed by atoms with van der Waals surface area (Å²) in [6.45, 7) is 2.86. The Morgan fingerprint density at radius 3 is 2.86 bits per heavy atom. The summed E-state index contributed by atoms with van der Waals surface area (Å²) in [4.78, 5) is 20.7. The van der Waals surface area contributed by atoms with E-state index in [1.54, 1.807) is 59.9 Å². The second-order valence-corrected chi connectivity index (χ2v) is 8.29. The van der Waals surface area contributed by atoms with E-state index < -0.39 is 0 Å². The number of aromatic nitrogens is 1. The van der Waals surface area contributed by atoms with E-state index in [4.69, 9.17) is 16.3 Å². The number of fused-ring (bicyclic) bond motifs is 1. The monoisotopic (exact) mass is 414 g/mol. The minimum Gasteiger partial charge on any atom is -0.508 e. The van der Waals surface area contributed by atoms with Gasteiger partial charge in [0.15, 0.2) is 0 Å². The first-order valence-electron chi connectivity index (χ1n) is 8.96. The van der Waals surface area contributed by atoms with Crippen molar-refractivity contribution < 1.29 is 14.6 Å². The number of halogens is 1. The van der Waals surface area contributed by atoms with Crippen LogP contribution in [0.2, 0.25) is 5.02 Å². The summed E-state index contributed by atoms with van der Waals surface area (Å²) in [6.07, 6.45) is 0.724. The van der Waals surface area contributed by atoms with Gasteiger partial charge in [0.2, 0.25) is 0 Å². The Hall–Kier alpha value is -2.57. The van der Waals surface area contributed by atoms with Crippen molar-refractivity contribution >= 4 is 28.8 Å². The zero-order chi connectivity index (χ0) is 19.7. The van der Waals surface area contributed by atoms with E-state index in [9.17, 15) is 9.90 Å². The van der Waals surface area contributed by atoms with Crippen LogP contribution in [0, 0.1) is 6.92 Å². The average Bonchev–Trinajstić information content (AvgIpc) is 3.07. The lowest BCUT2D eigenvalue weighted by molar-refractivity contribution is 0.0594. The molecule has 0 saturated carbocycles. The molecule has 0 saturated heterocycles. The number of ether oxygens (including phenoxy) is 1. The van der Waals surface area contributed by atoms with Gasteiger partial charge in [-0.15, -0.1) is 11.3 Å². The van der Waals surface area contributed by atoms with E-state index in [2.05, 4.69) is 4.98 Å². The second kappa shape index (κ2) is 7.81. The van der Waals surface area contributed by atoms with Crippen LogP contribution >= 0.6 is 22.9 Å². The molecule has 7 heteroatoms. The van der Waals surface area contributed by atoms with Gasteiger partial charge in [0.05, 0.1) is 15.6 Å². The first-order valence-corrected chi connectivity index (χ1v) is 10.2. The standard InChI is InChI=1S/C21H19ClN2O3S/c1-13-23-18-9-10-24(21(26)14-3-2-4-15(22)11-14)19(20(18)28-13)12-27-17-7-5-16(25)6-8-17/h2-8,11,19,25H,9-10,12H2,1H3. The van der Waals surface area contributed by atoms with Gasteiger partial charge in [-0.3, -0.25) is 4.79 Å². The number of benzene rings is 2. The molecule has 0 radical (unpaired) electrons. The number of rotatable bonds is 4. The molecule has 1 unspecified atom stereocenters. The number of thiazole rings is 1. The van der Waals surface area contributed by atoms with Crippen LogP contribution in [0.15, 0.2) is 48.5 Å². The van der Waals surface area contributed by atoms with Gasteiger partial charge in [0.25, 0.3) is 5.91 Å². The molecule has 2 aromatic carbocycles. The Labute approximate surface area is 172 Å². The van der Waals surface area contributed by atoms with Crippen molar-refractivity contribution in [3.63, 3.8) is 0 Å². The first-order chi connectivity index (χ1) is 13.5. The summed E-state index contributed by atoms with van der Waals surface area (Å²) < 4.78 is 5.95. The average molecular weight is 415 g/mol. The third-order valence-electron chi connectivity index (χ3n) is 4.68. The van der Waals surface area contributed by atoms with Crippen LogP contribution < -0.4 is 4.74 Å². The molecule has 1 N–H and O–H groups in total. The maximum Gasteiger partial charge on any atom is 0.254 e. The predicted molar refractivity (Wildman–Crippen MR) is 109 cm³/mol. The van der Waals surface area contributed by atoms with Crippen LogP contribution in [0.25, 0.3) is 0 Å². The van der Waals surface area contributed by atoms with E-state index in [1.807, 2.05) is 11.8 Å². The molecule has 3 aromatic rings. The van der Waals surface area contributed by atoms with E-state index >= 15 is 0 Å². The Balaban J connectivity index is 1.62. The molecule has 1 atom stereocenters. The highest BCUT2D eigenvalue weighted by Gasteiger charge is 2.34. The van der Waals surface area contributed by atoms with Crippen molar-refractivity contribution in [3.8, 4) is 11.5 Å². The van der Waals surface area contributed by atoms with Gasteiger partial charge < -0.3 is 14.7 Å². The number of hydrogen-bond donors (Lipinski definition) is 1. The lowest BCUT2D eigenvalue weighted by atomic mass is 10.0. The molecule has 0 fully saturated rings. The van der Waals surface area contributed by atoms with E-state index in [0.29, 0.717) is 29.5 Å². The molecule has 2 heterocycles. The molecule has 28 heavy (non-hydrogen) atoms. The van der Waals surface area contributed by atoms with Gasteiger partial charge in [-0.1, -0.05) is 17.7 Å². The smallest absolute Gasteiger partial charge is 0.254 e. The van der Waals surface area contributed by atoms with Crippen molar-refractivity contribution in [2.75, 3.05) is 13.2 Å². The lowest BCUT2D eigenvalue weighted by Gasteiger charge is -2.35. The highest BCUT2D eigenvalue weighted by Crippen LogP contribution is 2.35. The quantitative estimate of drug-likeness (QED) is 0.676. The third kappa shape index (κ3) is 3.84. The van der Waals surface area contributed by atoms with Crippen LogP contribution in [0.4, 0.5) is 0 Å². The number of carbonyl (C=O) groups excluding carboxylic acids is 1. The number of nitrogens with zero attached hydrogens (tertiary/aromatic N) is 2. The lowest BCUT2D eigenvalue weighted by Crippen LogP contribution is -2.42. The normalized spacial score (nSPS) is 15.9. The second-order valence-electron chi connectivity index (χ2n) is 6.62. The van der Waals surface area contributed by atoms with Gasteiger partial charge in [-0.2, -0.15) is 0 Å². The van der Waals surface area contributed by atoms with Gasteiger partial charge in [0.1, 0.15) is 24.1 Å². The Bertz CT molecular complexity index is 1000. The van der Waals surface area contributed by atoms with Crippen molar-refractivity contribution in [1.82, 2.24) is 9.88 Å². The predicted octanol–water partition coefficient (Wildman–Crippen LogP) is 4.63. The fourth-order valence-electron chi connectivity index (χ4n) is 3.36. The number of amides is 1. The fraction of sp³-hybridized carbons (Fsp3) is 0.238. The molecule has 144 valence electrons. The maximum atomic E-state index is 13.2. The minimum atomic E-state index is -0.227. The zero-order valence-electron chi connectivity index (χ0n) is 15.3. The SMILES string of the molecule is Cc1nc2c(s1)C(COc1ccc(O)cc1)N(C(=O)c1cccc(Cl)c1)CC2. The number of phenolic OH excluding ortho intramolecular Hbond substituents is 1.